The molecule has 5 rings (SSSR count). The fourth-order valence-corrected chi connectivity index (χ4v) is 4.18. The summed E-state index contributed by atoms with van der Waals surface area (Å²) in [4.78, 5) is 16.0. The number of hydrogen-bond donors (Lipinski definition) is 2. The molecule has 0 radical (unpaired) electrons. The van der Waals surface area contributed by atoms with E-state index in [9.17, 15) is 4.79 Å². The number of anilines is 1. The number of hydrogen-bond acceptors (Lipinski definition) is 5. The molecule has 3 N–H and O–H groups in total. The maximum absolute atomic E-state index is 11.7. The van der Waals surface area contributed by atoms with Crippen molar-refractivity contribution in [1.29, 1.82) is 0 Å². The third-order valence-corrected chi connectivity index (χ3v) is 5.78. The first-order valence-corrected chi connectivity index (χ1v) is 10.5. The van der Waals surface area contributed by atoms with E-state index < -0.39 is 0 Å². The van der Waals surface area contributed by atoms with Crippen molar-refractivity contribution >= 4 is 22.6 Å². The van der Waals surface area contributed by atoms with Crippen LogP contribution in [0.5, 0.6) is 0 Å². The second-order valence-electron chi connectivity index (χ2n) is 7.97. The van der Waals surface area contributed by atoms with Crippen molar-refractivity contribution in [1.82, 2.24) is 29.9 Å². The molecule has 1 fully saturated rings. The lowest BCUT2D eigenvalue weighted by Gasteiger charge is -2.35. The van der Waals surface area contributed by atoms with E-state index in [1.54, 1.807) is 13.1 Å². The Kier molecular flexibility index (Phi) is 5.07. The van der Waals surface area contributed by atoms with Gasteiger partial charge in [-0.15, -0.1) is 0 Å². The Labute approximate surface area is 185 Å². The van der Waals surface area contributed by atoms with Gasteiger partial charge in [-0.25, -0.2) is 4.98 Å². The minimum Gasteiger partial charge on any atom is -0.383 e. The standard InChI is InChI=1S/C24H23N7O/c1-2-6-21(32)28-18-11-19(12-18)31-20-9-10-26-24(25)22(20)23(29-31)17-13-27-30(15-17)14-16-7-4-3-5-8-16/h3-5,7-10,13,15,18-19H,11-12,14H2,1H3,(H2,25,26)(H,28,32)/t18-,19+. The van der Waals surface area contributed by atoms with Gasteiger partial charge < -0.3 is 11.1 Å². The summed E-state index contributed by atoms with van der Waals surface area (Å²) in [6.45, 7) is 2.33. The maximum Gasteiger partial charge on any atom is 0.296 e. The molecule has 3 heterocycles. The van der Waals surface area contributed by atoms with Crippen molar-refractivity contribution in [3.8, 4) is 23.1 Å². The zero-order valence-corrected chi connectivity index (χ0v) is 17.7. The molecule has 4 aromatic rings. The number of nitrogens with zero attached hydrogens (tertiary/aromatic N) is 5. The summed E-state index contributed by atoms with van der Waals surface area (Å²) in [7, 11) is 0. The van der Waals surface area contributed by atoms with E-state index in [2.05, 4.69) is 39.4 Å². The first-order valence-electron chi connectivity index (χ1n) is 10.5. The van der Waals surface area contributed by atoms with Crippen LogP contribution >= 0.6 is 0 Å². The lowest BCUT2D eigenvalue weighted by atomic mass is 9.86. The van der Waals surface area contributed by atoms with Gasteiger partial charge in [-0.1, -0.05) is 36.3 Å². The molecule has 8 heteroatoms. The number of rotatable bonds is 5. The zero-order valence-electron chi connectivity index (χ0n) is 17.7. The Morgan fingerprint density at radius 3 is 2.84 bits per heavy atom. The third kappa shape index (κ3) is 3.69. The number of carbonyl (C=O) groups is 1. The van der Waals surface area contributed by atoms with E-state index in [1.807, 2.05) is 46.0 Å². The molecule has 32 heavy (non-hydrogen) atoms. The van der Waals surface area contributed by atoms with Gasteiger partial charge in [-0.05, 0) is 37.3 Å². The molecule has 3 aromatic heterocycles. The average Bonchev–Trinajstić information content (AvgIpc) is 3.37. The quantitative estimate of drug-likeness (QED) is 0.479. The molecular weight excluding hydrogens is 402 g/mol. The second kappa shape index (κ2) is 8.19. The van der Waals surface area contributed by atoms with Crippen LogP contribution in [0.2, 0.25) is 0 Å². The number of benzene rings is 1. The van der Waals surface area contributed by atoms with Gasteiger partial charge in [0.05, 0.1) is 29.7 Å². The number of amides is 1. The normalized spacial score (nSPS) is 17.4. The van der Waals surface area contributed by atoms with Crippen LogP contribution in [0.3, 0.4) is 0 Å². The van der Waals surface area contributed by atoms with E-state index >= 15 is 0 Å². The number of aromatic nitrogens is 5. The Hall–Kier alpha value is -4.12. The van der Waals surface area contributed by atoms with E-state index in [0.717, 1.165) is 35.0 Å². The summed E-state index contributed by atoms with van der Waals surface area (Å²) >= 11 is 0. The second-order valence-corrected chi connectivity index (χ2v) is 7.97. The summed E-state index contributed by atoms with van der Waals surface area (Å²) in [5, 5.41) is 13.2. The van der Waals surface area contributed by atoms with Crippen molar-refractivity contribution in [3.05, 3.63) is 60.6 Å². The number of pyridine rings is 1. The molecule has 0 unspecified atom stereocenters. The van der Waals surface area contributed by atoms with Crippen molar-refractivity contribution in [2.45, 2.75) is 38.4 Å². The first kappa shape index (κ1) is 19.8. The average molecular weight is 425 g/mol. The van der Waals surface area contributed by atoms with Crippen LogP contribution in [-0.2, 0) is 11.3 Å². The maximum atomic E-state index is 11.7. The first-order chi connectivity index (χ1) is 15.6. The smallest absolute Gasteiger partial charge is 0.296 e. The van der Waals surface area contributed by atoms with Crippen molar-refractivity contribution in [3.63, 3.8) is 0 Å². The fourth-order valence-electron chi connectivity index (χ4n) is 4.18. The van der Waals surface area contributed by atoms with E-state index in [-0.39, 0.29) is 18.0 Å². The highest BCUT2D eigenvalue weighted by atomic mass is 16.1. The Morgan fingerprint density at radius 2 is 2.06 bits per heavy atom. The van der Waals surface area contributed by atoms with Crippen LogP contribution in [-0.4, -0.2) is 36.5 Å². The van der Waals surface area contributed by atoms with Gasteiger partial charge in [0.25, 0.3) is 5.91 Å². The summed E-state index contributed by atoms with van der Waals surface area (Å²) in [5.74, 6) is 5.36. The molecule has 1 amide bonds. The molecule has 0 bridgehead atoms. The van der Waals surface area contributed by atoms with Crippen LogP contribution in [0.25, 0.3) is 22.2 Å². The Morgan fingerprint density at radius 1 is 1.25 bits per heavy atom. The number of nitrogen functional groups attached to an aromatic ring is 1. The minimum atomic E-state index is -0.235. The number of nitrogens with one attached hydrogen (secondary N) is 1. The molecule has 8 nitrogen and oxygen atoms in total. The van der Waals surface area contributed by atoms with Gasteiger partial charge in [0.2, 0.25) is 0 Å². The van der Waals surface area contributed by atoms with Gasteiger partial charge in [0, 0.05) is 24.0 Å². The van der Waals surface area contributed by atoms with Crippen LogP contribution in [0.1, 0.15) is 31.4 Å². The SMILES string of the molecule is CC#CC(=O)N[C@H]1C[C@@H](n2nc(-c3cnn(Cc4ccccc4)c3)c3c(N)nccc32)C1. The molecule has 0 aliphatic heterocycles. The minimum absolute atomic E-state index is 0.101. The highest BCUT2D eigenvalue weighted by molar-refractivity contribution is 6.00. The predicted octanol–water partition coefficient (Wildman–Crippen LogP) is 2.77. The fraction of sp³-hybridized carbons (Fsp3) is 0.250. The third-order valence-electron chi connectivity index (χ3n) is 5.78. The molecule has 0 saturated heterocycles. The van der Waals surface area contributed by atoms with E-state index in [0.29, 0.717) is 12.4 Å². The summed E-state index contributed by atoms with van der Waals surface area (Å²) in [6.07, 6.45) is 7.09. The molecular formula is C24H23N7O. The molecule has 0 spiro atoms. The van der Waals surface area contributed by atoms with Crippen molar-refractivity contribution < 1.29 is 4.79 Å². The van der Waals surface area contributed by atoms with Crippen LogP contribution < -0.4 is 11.1 Å². The monoisotopic (exact) mass is 425 g/mol. The number of fused-ring (bicyclic) bond motifs is 1. The number of carbonyl (C=O) groups excluding carboxylic acids is 1. The molecule has 1 aliphatic carbocycles. The zero-order chi connectivity index (χ0) is 22.1. The summed E-state index contributed by atoms with van der Waals surface area (Å²) in [6, 6.07) is 12.4. The van der Waals surface area contributed by atoms with Gasteiger partial charge in [0.1, 0.15) is 11.5 Å². The molecule has 0 atom stereocenters. The highest BCUT2D eigenvalue weighted by Crippen LogP contribution is 2.38. The Bertz CT molecular complexity index is 1340. The lowest BCUT2D eigenvalue weighted by molar-refractivity contribution is -0.117. The Balaban J connectivity index is 1.43. The van der Waals surface area contributed by atoms with E-state index in [1.165, 1.54) is 5.56 Å². The van der Waals surface area contributed by atoms with Crippen LogP contribution in [0.15, 0.2) is 55.0 Å². The molecule has 160 valence electrons. The topological polar surface area (TPSA) is 104 Å². The lowest BCUT2D eigenvalue weighted by Crippen LogP contribution is -2.44. The van der Waals surface area contributed by atoms with Gasteiger partial charge in [-0.3, -0.25) is 14.2 Å². The van der Waals surface area contributed by atoms with Gasteiger partial charge in [0.15, 0.2) is 0 Å². The van der Waals surface area contributed by atoms with Gasteiger partial charge in [-0.2, -0.15) is 10.2 Å². The summed E-state index contributed by atoms with van der Waals surface area (Å²) < 4.78 is 3.90. The largest absolute Gasteiger partial charge is 0.383 e. The van der Waals surface area contributed by atoms with Gasteiger partial charge >= 0.3 is 0 Å². The highest BCUT2D eigenvalue weighted by Gasteiger charge is 2.34. The molecule has 1 aromatic carbocycles. The van der Waals surface area contributed by atoms with Crippen LogP contribution in [0, 0.1) is 11.8 Å². The number of nitrogens with two attached hydrogens (primary N) is 1. The predicted molar refractivity (Wildman–Crippen MR) is 122 cm³/mol. The van der Waals surface area contributed by atoms with Crippen LogP contribution in [0.4, 0.5) is 5.82 Å². The van der Waals surface area contributed by atoms with Crippen molar-refractivity contribution in [2.75, 3.05) is 5.73 Å². The summed E-state index contributed by atoms with van der Waals surface area (Å²) in [5.41, 5.74) is 10.0. The molecule has 1 saturated carbocycles. The molecule has 1 aliphatic rings. The van der Waals surface area contributed by atoms with E-state index in [4.69, 9.17) is 10.8 Å². The van der Waals surface area contributed by atoms with Crippen molar-refractivity contribution in [2.24, 2.45) is 0 Å².